The van der Waals surface area contributed by atoms with Crippen LogP contribution < -0.4 is 0 Å². The van der Waals surface area contributed by atoms with Gasteiger partial charge in [-0.15, -0.1) is 0 Å². The highest BCUT2D eigenvalue weighted by atomic mass is 32.2. The number of nitrogens with zero attached hydrogens (tertiary/aromatic N) is 1. The number of carbonyl (C=O) groups is 1. The fourth-order valence-corrected chi connectivity index (χ4v) is 4.90. The lowest BCUT2D eigenvalue weighted by atomic mass is 9.88. The van der Waals surface area contributed by atoms with Crippen molar-refractivity contribution in [3.8, 4) is 0 Å². The van der Waals surface area contributed by atoms with Gasteiger partial charge in [-0.25, -0.2) is 9.18 Å². The Bertz CT molecular complexity index is 1530. The van der Waals surface area contributed by atoms with Crippen molar-refractivity contribution in [2.45, 2.75) is 44.8 Å². The van der Waals surface area contributed by atoms with Crippen LogP contribution in [0.3, 0.4) is 0 Å². The minimum atomic E-state index is -5.92. The van der Waals surface area contributed by atoms with Gasteiger partial charge in [0.15, 0.2) is 0 Å². The Morgan fingerprint density at radius 2 is 1.62 bits per heavy atom. The second-order valence-electron chi connectivity index (χ2n) is 10.2. The number of hydrogen-bond acceptors (Lipinski definition) is 5. The van der Waals surface area contributed by atoms with Crippen LogP contribution in [0, 0.1) is 11.7 Å². The number of hydrogen-bond donors (Lipinski definition) is 0. The zero-order valence-electron chi connectivity index (χ0n) is 21.5. The van der Waals surface area contributed by atoms with Gasteiger partial charge in [0.05, 0.1) is 0 Å². The van der Waals surface area contributed by atoms with E-state index in [9.17, 15) is 30.8 Å². The quantitative estimate of drug-likeness (QED) is 0.187. The zero-order chi connectivity index (χ0) is 28.6. The molecule has 1 unspecified atom stereocenters. The number of carbonyl (C=O) groups excluding carboxylic acids is 1. The molecule has 0 radical (unpaired) electrons. The minimum absolute atomic E-state index is 0.0126. The average Bonchev–Trinajstić information content (AvgIpc) is 2.83. The molecule has 6 nitrogen and oxygen atoms in total. The lowest BCUT2D eigenvalue weighted by Gasteiger charge is -2.32. The van der Waals surface area contributed by atoms with E-state index in [-0.39, 0.29) is 18.7 Å². The third-order valence-corrected chi connectivity index (χ3v) is 7.03. The van der Waals surface area contributed by atoms with Crippen molar-refractivity contribution < 1.29 is 39.7 Å². The van der Waals surface area contributed by atoms with E-state index in [0.717, 1.165) is 0 Å². The second kappa shape index (κ2) is 10.5. The summed E-state index contributed by atoms with van der Waals surface area (Å²) in [5.41, 5.74) is -5.04. The molecule has 0 aromatic heterocycles. The van der Waals surface area contributed by atoms with Crippen LogP contribution in [0.15, 0.2) is 66.7 Å². The Balaban J connectivity index is 1.70. The fraction of sp³-hybridized carbons (Fsp3) is 0.321. The average molecular weight is 566 g/mol. The van der Waals surface area contributed by atoms with Gasteiger partial charge in [0.1, 0.15) is 17.2 Å². The summed E-state index contributed by atoms with van der Waals surface area (Å²) in [5.74, 6) is -1.49. The molecule has 4 rings (SSSR count). The highest BCUT2D eigenvalue weighted by Gasteiger charge is 2.49. The van der Waals surface area contributed by atoms with Crippen molar-refractivity contribution in [2.75, 3.05) is 6.54 Å². The standard InChI is InChI=1S/C28H27F4NO5S/c1-27(2,3)37-26(34)33(17-20-12-13-24(29)23-11-7-6-9-21(20)23)16-18-14-19-8-4-5-10-22(19)25(15-18)38-39(35,36)28(30,31)32/h4-13,15,18H,14,16-17H2,1-3H3. The van der Waals surface area contributed by atoms with Crippen molar-refractivity contribution in [2.24, 2.45) is 5.92 Å². The second-order valence-corrected chi connectivity index (χ2v) is 11.8. The van der Waals surface area contributed by atoms with E-state index in [2.05, 4.69) is 4.18 Å². The van der Waals surface area contributed by atoms with Gasteiger partial charge in [-0.3, -0.25) is 0 Å². The maximum absolute atomic E-state index is 14.4. The number of alkyl halides is 3. The largest absolute Gasteiger partial charge is 0.534 e. The van der Waals surface area contributed by atoms with Gasteiger partial charge < -0.3 is 13.8 Å². The molecule has 208 valence electrons. The molecule has 0 saturated heterocycles. The summed E-state index contributed by atoms with van der Waals surface area (Å²) in [5, 5.41) is 0.967. The molecule has 0 fully saturated rings. The molecule has 0 heterocycles. The smallest absolute Gasteiger partial charge is 0.444 e. The van der Waals surface area contributed by atoms with Crippen LogP contribution >= 0.6 is 0 Å². The van der Waals surface area contributed by atoms with E-state index in [4.69, 9.17) is 4.74 Å². The summed E-state index contributed by atoms with van der Waals surface area (Å²) in [6.07, 6.45) is 0.901. The first-order valence-corrected chi connectivity index (χ1v) is 13.5. The van der Waals surface area contributed by atoms with E-state index in [1.54, 1.807) is 69.3 Å². The molecule has 0 bridgehead atoms. The number of ether oxygens (including phenoxy) is 1. The molecular formula is C28H27F4NO5S. The maximum atomic E-state index is 14.4. The predicted molar refractivity (Wildman–Crippen MR) is 138 cm³/mol. The van der Waals surface area contributed by atoms with Crippen LogP contribution in [-0.4, -0.2) is 37.1 Å². The van der Waals surface area contributed by atoms with E-state index in [1.165, 1.54) is 23.1 Å². The number of benzene rings is 3. The zero-order valence-corrected chi connectivity index (χ0v) is 22.3. The molecule has 3 aromatic carbocycles. The van der Waals surface area contributed by atoms with Gasteiger partial charge in [0, 0.05) is 30.0 Å². The summed E-state index contributed by atoms with van der Waals surface area (Å²) < 4.78 is 87.5. The van der Waals surface area contributed by atoms with Gasteiger partial charge in [-0.1, -0.05) is 54.6 Å². The van der Waals surface area contributed by atoms with E-state index < -0.39 is 44.8 Å². The first-order chi connectivity index (χ1) is 18.1. The van der Waals surface area contributed by atoms with Crippen molar-refractivity contribution in [1.29, 1.82) is 0 Å². The first kappa shape index (κ1) is 28.4. The Morgan fingerprint density at radius 1 is 0.974 bits per heavy atom. The predicted octanol–water partition coefficient (Wildman–Crippen LogP) is 6.80. The molecule has 0 saturated carbocycles. The first-order valence-electron chi connectivity index (χ1n) is 12.1. The number of halogens is 4. The van der Waals surface area contributed by atoms with Crippen LogP contribution in [-0.2, 0) is 32.0 Å². The Morgan fingerprint density at radius 3 is 2.28 bits per heavy atom. The van der Waals surface area contributed by atoms with Gasteiger partial charge in [0.25, 0.3) is 0 Å². The van der Waals surface area contributed by atoms with Crippen LogP contribution in [0.1, 0.15) is 37.5 Å². The minimum Gasteiger partial charge on any atom is -0.444 e. The molecule has 3 aromatic rings. The maximum Gasteiger partial charge on any atom is 0.534 e. The molecule has 0 N–H and O–H groups in total. The van der Waals surface area contributed by atoms with Gasteiger partial charge in [-0.2, -0.15) is 21.6 Å². The summed E-state index contributed by atoms with van der Waals surface area (Å²) in [6.45, 7) is 5.07. The van der Waals surface area contributed by atoms with Gasteiger partial charge in [0.2, 0.25) is 0 Å². The van der Waals surface area contributed by atoms with Crippen molar-refractivity contribution in [3.05, 3.63) is 89.2 Å². The van der Waals surface area contributed by atoms with Gasteiger partial charge >= 0.3 is 21.7 Å². The molecule has 1 atom stereocenters. The normalized spacial score (nSPS) is 15.9. The Hall–Kier alpha value is -3.60. The lowest BCUT2D eigenvalue weighted by Crippen LogP contribution is -2.40. The lowest BCUT2D eigenvalue weighted by molar-refractivity contribution is -0.0509. The molecule has 0 spiro atoms. The molecule has 39 heavy (non-hydrogen) atoms. The Kier molecular flexibility index (Phi) is 7.66. The van der Waals surface area contributed by atoms with E-state index in [1.807, 2.05) is 0 Å². The van der Waals surface area contributed by atoms with Gasteiger partial charge in [-0.05, 0) is 55.8 Å². The Labute approximate surface area is 223 Å². The number of amides is 1. The van der Waals surface area contributed by atoms with Crippen LogP contribution in [0.25, 0.3) is 16.5 Å². The third-order valence-electron chi connectivity index (χ3n) is 6.06. The SMILES string of the molecule is CC(C)(C)OC(=O)N(Cc1ccc(F)c2ccccc12)CC1C=C(OS(=O)(=O)C(F)(F)F)c2ccccc2C1. The van der Waals surface area contributed by atoms with Crippen molar-refractivity contribution in [1.82, 2.24) is 4.90 Å². The summed E-state index contributed by atoms with van der Waals surface area (Å²) in [6, 6.07) is 16.0. The van der Waals surface area contributed by atoms with Crippen molar-refractivity contribution in [3.63, 3.8) is 0 Å². The molecule has 11 heteroatoms. The van der Waals surface area contributed by atoms with Crippen LogP contribution in [0.2, 0.25) is 0 Å². The molecule has 1 aliphatic rings. The van der Waals surface area contributed by atoms with Crippen molar-refractivity contribution >= 4 is 32.7 Å². The third kappa shape index (κ3) is 6.52. The fourth-order valence-electron chi connectivity index (χ4n) is 4.42. The molecule has 1 aliphatic carbocycles. The molecule has 1 amide bonds. The summed E-state index contributed by atoms with van der Waals surface area (Å²) >= 11 is 0. The van der Waals surface area contributed by atoms with E-state index >= 15 is 0 Å². The highest BCUT2D eigenvalue weighted by Crippen LogP contribution is 2.36. The number of rotatable bonds is 6. The van der Waals surface area contributed by atoms with Crippen LogP contribution in [0.5, 0.6) is 0 Å². The number of fused-ring (bicyclic) bond motifs is 2. The summed E-state index contributed by atoms with van der Waals surface area (Å²) in [4.78, 5) is 14.6. The molecule has 0 aliphatic heterocycles. The highest BCUT2D eigenvalue weighted by molar-refractivity contribution is 7.87. The van der Waals surface area contributed by atoms with Crippen LogP contribution in [0.4, 0.5) is 22.4 Å². The summed E-state index contributed by atoms with van der Waals surface area (Å²) in [7, 11) is -5.92. The monoisotopic (exact) mass is 565 g/mol. The topological polar surface area (TPSA) is 72.9 Å². The van der Waals surface area contributed by atoms with E-state index in [0.29, 0.717) is 28.3 Å². The molecular weight excluding hydrogens is 538 g/mol.